The molecule has 0 aromatic heterocycles. The highest BCUT2D eigenvalue weighted by atomic mass is 32.2. The van der Waals surface area contributed by atoms with Crippen LogP contribution in [0.1, 0.15) is 24.0 Å². The molecule has 2 N–H and O–H groups in total. The zero-order valence-electron chi connectivity index (χ0n) is 16.2. The predicted octanol–water partition coefficient (Wildman–Crippen LogP) is 2.88. The van der Waals surface area contributed by atoms with E-state index in [9.17, 15) is 17.2 Å². The summed E-state index contributed by atoms with van der Waals surface area (Å²) in [5, 5.41) is 6.28. The topological polar surface area (TPSA) is 70.6 Å². The second-order valence-electron chi connectivity index (χ2n) is 6.61. The van der Waals surface area contributed by atoms with Crippen LogP contribution >= 0.6 is 0 Å². The van der Waals surface area contributed by atoms with Crippen molar-refractivity contribution in [3.05, 3.63) is 65.2 Å². The molecule has 0 amide bonds. The fourth-order valence-corrected chi connectivity index (χ4v) is 3.34. The van der Waals surface area contributed by atoms with Gasteiger partial charge in [0.15, 0.2) is 15.8 Å². The SMILES string of the molecule is CN=C(NCCc1ccc(S(C)(=O)=O)cc1)NCC(C)c1ccc(F)cc1F. The smallest absolute Gasteiger partial charge is 0.191 e. The summed E-state index contributed by atoms with van der Waals surface area (Å²) in [6, 6.07) is 10.3. The van der Waals surface area contributed by atoms with Crippen LogP contribution in [0.2, 0.25) is 0 Å². The molecule has 1 unspecified atom stereocenters. The first kappa shape index (κ1) is 21.8. The average molecular weight is 410 g/mol. The molecule has 28 heavy (non-hydrogen) atoms. The summed E-state index contributed by atoms with van der Waals surface area (Å²) < 4.78 is 49.8. The lowest BCUT2D eigenvalue weighted by Gasteiger charge is -2.17. The Morgan fingerprint density at radius 1 is 1.11 bits per heavy atom. The summed E-state index contributed by atoms with van der Waals surface area (Å²) in [4.78, 5) is 4.42. The Balaban J connectivity index is 1.83. The molecule has 8 heteroatoms. The van der Waals surface area contributed by atoms with Crippen LogP contribution in [0.15, 0.2) is 52.4 Å². The minimum Gasteiger partial charge on any atom is -0.356 e. The monoisotopic (exact) mass is 409 g/mol. The summed E-state index contributed by atoms with van der Waals surface area (Å²) in [6.45, 7) is 2.88. The van der Waals surface area contributed by atoms with Gasteiger partial charge < -0.3 is 10.6 Å². The standard InChI is InChI=1S/C20H25F2N3O2S/c1-14(18-9-6-16(21)12-19(18)22)13-25-20(23-2)24-11-10-15-4-7-17(8-5-15)28(3,26)27/h4-9,12,14H,10-11,13H2,1-3H3,(H2,23,24,25). The maximum Gasteiger partial charge on any atom is 0.191 e. The Bertz CT molecular complexity index is 929. The number of hydrogen-bond acceptors (Lipinski definition) is 3. The van der Waals surface area contributed by atoms with Crippen molar-refractivity contribution in [2.24, 2.45) is 4.99 Å². The van der Waals surface area contributed by atoms with Crippen molar-refractivity contribution in [2.75, 3.05) is 26.4 Å². The van der Waals surface area contributed by atoms with E-state index >= 15 is 0 Å². The zero-order chi connectivity index (χ0) is 20.7. The van der Waals surface area contributed by atoms with Gasteiger partial charge in [0.2, 0.25) is 0 Å². The minimum atomic E-state index is -3.19. The van der Waals surface area contributed by atoms with Crippen molar-refractivity contribution in [3.8, 4) is 0 Å². The molecule has 2 rings (SSSR count). The van der Waals surface area contributed by atoms with Crippen LogP contribution in [0.3, 0.4) is 0 Å². The van der Waals surface area contributed by atoms with Crippen LogP contribution in [0.4, 0.5) is 8.78 Å². The first-order valence-electron chi connectivity index (χ1n) is 8.89. The van der Waals surface area contributed by atoms with Gasteiger partial charge in [-0.2, -0.15) is 0 Å². The van der Waals surface area contributed by atoms with E-state index in [4.69, 9.17) is 0 Å². The molecule has 0 aliphatic rings. The summed E-state index contributed by atoms with van der Waals surface area (Å²) in [6.07, 6.45) is 1.87. The van der Waals surface area contributed by atoms with Crippen molar-refractivity contribution in [1.82, 2.24) is 10.6 Å². The van der Waals surface area contributed by atoms with Crippen LogP contribution in [0, 0.1) is 11.6 Å². The van der Waals surface area contributed by atoms with Gasteiger partial charge in [0.05, 0.1) is 4.90 Å². The molecule has 2 aromatic rings. The molecule has 0 aliphatic heterocycles. The minimum absolute atomic E-state index is 0.164. The van der Waals surface area contributed by atoms with E-state index in [1.165, 1.54) is 18.4 Å². The highest BCUT2D eigenvalue weighted by Crippen LogP contribution is 2.19. The number of hydrogen-bond donors (Lipinski definition) is 2. The Labute approximate surface area is 164 Å². The fraction of sp³-hybridized carbons (Fsp3) is 0.350. The fourth-order valence-electron chi connectivity index (χ4n) is 2.71. The van der Waals surface area contributed by atoms with Gasteiger partial charge >= 0.3 is 0 Å². The quantitative estimate of drug-likeness (QED) is 0.545. The summed E-state index contributed by atoms with van der Waals surface area (Å²) in [5.74, 6) is -0.747. The molecule has 0 saturated heterocycles. The predicted molar refractivity (Wildman–Crippen MR) is 107 cm³/mol. The van der Waals surface area contributed by atoms with E-state index in [1.54, 1.807) is 31.3 Å². The molecule has 0 fully saturated rings. The Morgan fingerprint density at radius 3 is 2.36 bits per heavy atom. The van der Waals surface area contributed by atoms with Crippen LogP contribution in [-0.2, 0) is 16.3 Å². The maximum absolute atomic E-state index is 13.8. The third-order valence-corrected chi connectivity index (χ3v) is 5.48. The number of guanidine groups is 1. The van der Waals surface area contributed by atoms with Crippen molar-refractivity contribution >= 4 is 15.8 Å². The van der Waals surface area contributed by atoms with Gasteiger partial charge in [0.25, 0.3) is 0 Å². The van der Waals surface area contributed by atoms with Crippen molar-refractivity contribution in [3.63, 3.8) is 0 Å². The van der Waals surface area contributed by atoms with Crippen LogP contribution in [-0.4, -0.2) is 40.8 Å². The highest BCUT2D eigenvalue weighted by molar-refractivity contribution is 7.90. The molecule has 0 bridgehead atoms. The van der Waals surface area contributed by atoms with Gasteiger partial charge in [0.1, 0.15) is 11.6 Å². The van der Waals surface area contributed by atoms with E-state index in [0.29, 0.717) is 35.9 Å². The van der Waals surface area contributed by atoms with Gasteiger partial charge in [-0.1, -0.05) is 25.1 Å². The van der Waals surface area contributed by atoms with Gasteiger partial charge in [-0.05, 0) is 35.7 Å². The Kier molecular flexibility index (Phi) is 7.51. The lowest BCUT2D eigenvalue weighted by molar-refractivity contribution is 0.556. The van der Waals surface area contributed by atoms with Crippen molar-refractivity contribution in [1.29, 1.82) is 0 Å². The second-order valence-corrected chi connectivity index (χ2v) is 8.63. The number of rotatable bonds is 7. The summed E-state index contributed by atoms with van der Waals surface area (Å²) in [7, 11) is -1.56. The Morgan fingerprint density at radius 2 is 1.79 bits per heavy atom. The number of nitrogens with zero attached hydrogens (tertiary/aromatic N) is 1. The third-order valence-electron chi connectivity index (χ3n) is 4.35. The number of nitrogens with one attached hydrogen (secondary N) is 2. The Hall–Kier alpha value is -2.48. The first-order valence-corrected chi connectivity index (χ1v) is 10.8. The molecule has 5 nitrogen and oxygen atoms in total. The molecule has 0 aliphatic carbocycles. The van der Waals surface area contributed by atoms with Crippen molar-refractivity contribution < 1.29 is 17.2 Å². The van der Waals surface area contributed by atoms with E-state index in [1.807, 2.05) is 6.92 Å². The number of sulfone groups is 1. The molecule has 0 heterocycles. The van der Waals surface area contributed by atoms with E-state index < -0.39 is 21.5 Å². The van der Waals surface area contributed by atoms with Crippen molar-refractivity contribution in [2.45, 2.75) is 24.2 Å². The highest BCUT2D eigenvalue weighted by Gasteiger charge is 2.12. The normalized spacial score (nSPS) is 13.2. The number of halogens is 2. The average Bonchev–Trinajstić information content (AvgIpc) is 2.64. The molecule has 2 aromatic carbocycles. The van der Waals surface area contributed by atoms with E-state index in [-0.39, 0.29) is 5.92 Å². The molecule has 1 atom stereocenters. The molecule has 152 valence electrons. The lowest BCUT2D eigenvalue weighted by atomic mass is 10.0. The van der Waals surface area contributed by atoms with E-state index in [2.05, 4.69) is 15.6 Å². The molecule has 0 radical (unpaired) electrons. The van der Waals surface area contributed by atoms with Crippen LogP contribution in [0.5, 0.6) is 0 Å². The third kappa shape index (κ3) is 6.30. The lowest BCUT2D eigenvalue weighted by Crippen LogP contribution is -2.40. The molecular weight excluding hydrogens is 384 g/mol. The van der Waals surface area contributed by atoms with Gasteiger partial charge in [-0.25, -0.2) is 17.2 Å². The van der Waals surface area contributed by atoms with Crippen LogP contribution < -0.4 is 10.6 Å². The van der Waals surface area contributed by atoms with Gasteiger partial charge in [0, 0.05) is 38.4 Å². The molecule has 0 spiro atoms. The number of benzene rings is 2. The molecular formula is C20H25F2N3O2S. The first-order chi connectivity index (χ1) is 13.2. The van der Waals surface area contributed by atoms with E-state index in [0.717, 1.165) is 11.6 Å². The van der Waals surface area contributed by atoms with Gasteiger partial charge in [-0.15, -0.1) is 0 Å². The summed E-state index contributed by atoms with van der Waals surface area (Å²) in [5.41, 5.74) is 1.44. The zero-order valence-corrected chi connectivity index (χ0v) is 17.0. The number of aliphatic imine (C=N–C) groups is 1. The maximum atomic E-state index is 13.8. The molecule has 0 saturated carbocycles. The summed E-state index contributed by atoms with van der Waals surface area (Å²) >= 11 is 0. The largest absolute Gasteiger partial charge is 0.356 e. The second kappa shape index (κ2) is 9.64. The van der Waals surface area contributed by atoms with Crippen LogP contribution in [0.25, 0.3) is 0 Å². The van der Waals surface area contributed by atoms with Gasteiger partial charge in [-0.3, -0.25) is 4.99 Å².